The average molecular weight is 249 g/mol. The Kier molecular flexibility index (Phi) is 4.53. The lowest BCUT2D eigenvalue weighted by atomic mass is 10.2. The third-order valence-electron chi connectivity index (χ3n) is 2.19. The van der Waals surface area contributed by atoms with Crippen LogP contribution in [0.1, 0.15) is 18.4 Å². The van der Waals surface area contributed by atoms with Crippen molar-refractivity contribution in [3.63, 3.8) is 0 Å². The van der Waals surface area contributed by atoms with E-state index in [4.69, 9.17) is 5.73 Å². The van der Waals surface area contributed by atoms with Crippen LogP contribution in [0, 0.1) is 6.92 Å². The van der Waals surface area contributed by atoms with Gasteiger partial charge >= 0.3 is 6.18 Å². The van der Waals surface area contributed by atoms with Gasteiger partial charge < -0.3 is 5.73 Å². The van der Waals surface area contributed by atoms with Crippen molar-refractivity contribution in [3.8, 4) is 0 Å². The number of nitrogens with two attached hydrogens (primary N) is 1. The molecule has 0 radical (unpaired) electrons. The smallest absolute Gasteiger partial charge is 0.389 e. The van der Waals surface area contributed by atoms with Crippen LogP contribution >= 0.6 is 11.8 Å². The highest BCUT2D eigenvalue weighted by Gasteiger charge is 2.25. The summed E-state index contributed by atoms with van der Waals surface area (Å²) in [6.45, 7) is 1.88. The van der Waals surface area contributed by atoms with Crippen LogP contribution in [-0.2, 0) is 0 Å². The Hall–Kier alpha value is -0.840. The van der Waals surface area contributed by atoms with Gasteiger partial charge in [-0.15, -0.1) is 11.8 Å². The van der Waals surface area contributed by atoms with Gasteiger partial charge in [-0.2, -0.15) is 13.2 Å². The Labute approximate surface area is 97.2 Å². The molecular formula is C11H14F3NS. The zero-order chi connectivity index (χ0) is 12.2. The molecule has 0 aromatic heterocycles. The quantitative estimate of drug-likeness (QED) is 0.495. The van der Waals surface area contributed by atoms with Crippen LogP contribution in [0.25, 0.3) is 0 Å². The largest absolute Gasteiger partial charge is 0.398 e. The molecule has 1 nitrogen and oxygen atoms in total. The second-order valence-electron chi connectivity index (χ2n) is 3.54. The summed E-state index contributed by atoms with van der Waals surface area (Å²) in [5.74, 6) is 0.462. The minimum atomic E-state index is -4.05. The normalized spacial score (nSPS) is 11.8. The topological polar surface area (TPSA) is 26.0 Å². The molecule has 1 aromatic rings. The summed E-state index contributed by atoms with van der Waals surface area (Å²) in [5, 5.41) is 0. The van der Waals surface area contributed by atoms with Gasteiger partial charge in [0.2, 0.25) is 0 Å². The van der Waals surface area contributed by atoms with Gasteiger partial charge in [0.15, 0.2) is 0 Å². The SMILES string of the molecule is Cc1c(N)cccc1SCCCC(F)(F)F. The first-order valence-corrected chi connectivity index (χ1v) is 5.93. The van der Waals surface area contributed by atoms with Crippen molar-refractivity contribution in [1.82, 2.24) is 0 Å². The van der Waals surface area contributed by atoms with Crippen LogP contribution in [0.2, 0.25) is 0 Å². The summed E-state index contributed by atoms with van der Waals surface area (Å²) in [6, 6.07) is 5.48. The Morgan fingerprint density at radius 2 is 2.00 bits per heavy atom. The number of anilines is 1. The van der Waals surface area contributed by atoms with Gasteiger partial charge in [-0.3, -0.25) is 0 Å². The van der Waals surface area contributed by atoms with Crippen molar-refractivity contribution in [2.75, 3.05) is 11.5 Å². The Balaban J connectivity index is 2.41. The van der Waals surface area contributed by atoms with Gasteiger partial charge in [0.05, 0.1) is 0 Å². The van der Waals surface area contributed by atoms with E-state index in [1.54, 1.807) is 6.07 Å². The van der Waals surface area contributed by atoms with Gasteiger partial charge in [0.1, 0.15) is 0 Å². The van der Waals surface area contributed by atoms with Crippen molar-refractivity contribution in [2.45, 2.75) is 30.8 Å². The van der Waals surface area contributed by atoms with E-state index in [1.807, 2.05) is 19.1 Å². The summed E-state index contributed by atoms with van der Waals surface area (Å²) >= 11 is 1.42. The maximum atomic E-state index is 11.9. The molecule has 1 rings (SSSR count). The van der Waals surface area contributed by atoms with E-state index >= 15 is 0 Å². The highest BCUT2D eigenvalue weighted by molar-refractivity contribution is 7.99. The maximum Gasteiger partial charge on any atom is 0.389 e. The van der Waals surface area contributed by atoms with Crippen molar-refractivity contribution in [3.05, 3.63) is 23.8 Å². The number of alkyl halides is 3. The molecule has 2 N–H and O–H groups in total. The second-order valence-corrected chi connectivity index (χ2v) is 4.67. The molecule has 0 heterocycles. The highest BCUT2D eigenvalue weighted by Crippen LogP contribution is 2.28. The maximum absolute atomic E-state index is 11.9. The Morgan fingerprint density at radius 3 is 2.62 bits per heavy atom. The predicted octanol–water partition coefficient (Wildman–Crippen LogP) is 4.01. The number of thioether (sulfide) groups is 1. The zero-order valence-electron chi connectivity index (χ0n) is 8.97. The van der Waals surface area contributed by atoms with E-state index in [2.05, 4.69) is 0 Å². The van der Waals surface area contributed by atoms with Crippen molar-refractivity contribution >= 4 is 17.4 Å². The van der Waals surface area contributed by atoms with Crippen LogP contribution < -0.4 is 5.73 Å². The fraction of sp³-hybridized carbons (Fsp3) is 0.455. The average Bonchev–Trinajstić information content (AvgIpc) is 2.17. The molecular weight excluding hydrogens is 235 g/mol. The Bertz CT molecular complexity index is 350. The van der Waals surface area contributed by atoms with Crippen LogP contribution in [0.5, 0.6) is 0 Å². The van der Waals surface area contributed by atoms with Gasteiger partial charge in [-0.1, -0.05) is 6.07 Å². The van der Waals surface area contributed by atoms with Gasteiger partial charge in [-0.05, 0) is 36.8 Å². The third kappa shape index (κ3) is 4.35. The van der Waals surface area contributed by atoms with E-state index in [-0.39, 0.29) is 6.42 Å². The summed E-state index contributed by atoms with van der Waals surface area (Å²) < 4.78 is 35.7. The number of hydrogen-bond acceptors (Lipinski definition) is 2. The number of halogens is 3. The van der Waals surface area contributed by atoms with Crippen LogP contribution in [0.3, 0.4) is 0 Å². The molecule has 0 aliphatic rings. The lowest BCUT2D eigenvalue weighted by Gasteiger charge is -2.08. The number of nitrogen functional groups attached to an aromatic ring is 1. The molecule has 1 aromatic carbocycles. The highest BCUT2D eigenvalue weighted by atomic mass is 32.2. The minimum absolute atomic E-state index is 0.141. The zero-order valence-corrected chi connectivity index (χ0v) is 9.79. The molecule has 0 saturated carbocycles. The lowest BCUT2D eigenvalue weighted by molar-refractivity contribution is -0.134. The summed E-state index contributed by atoms with van der Waals surface area (Å²) in [7, 11) is 0. The van der Waals surface area contributed by atoms with Crippen molar-refractivity contribution < 1.29 is 13.2 Å². The molecule has 0 aliphatic heterocycles. The molecule has 0 fully saturated rings. The van der Waals surface area contributed by atoms with E-state index in [1.165, 1.54) is 11.8 Å². The number of benzene rings is 1. The van der Waals surface area contributed by atoms with E-state index < -0.39 is 12.6 Å². The van der Waals surface area contributed by atoms with E-state index in [0.29, 0.717) is 11.4 Å². The molecule has 5 heteroatoms. The molecule has 0 unspecified atom stereocenters. The van der Waals surface area contributed by atoms with Crippen LogP contribution in [-0.4, -0.2) is 11.9 Å². The first-order chi connectivity index (χ1) is 7.40. The van der Waals surface area contributed by atoms with Crippen molar-refractivity contribution in [2.24, 2.45) is 0 Å². The predicted molar refractivity (Wildman–Crippen MR) is 61.6 cm³/mol. The van der Waals surface area contributed by atoms with Crippen molar-refractivity contribution in [1.29, 1.82) is 0 Å². The molecule has 90 valence electrons. The van der Waals surface area contributed by atoms with Gasteiger partial charge in [-0.25, -0.2) is 0 Å². The molecule has 0 amide bonds. The fourth-order valence-corrected chi connectivity index (χ4v) is 2.26. The number of hydrogen-bond donors (Lipinski definition) is 1. The summed E-state index contributed by atoms with van der Waals surface area (Å²) in [6.07, 6.45) is -4.63. The first kappa shape index (κ1) is 13.2. The van der Waals surface area contributed by atoms with Gasteiger partial charge in [0.25, 0.3) is 0 Å². The molecule has 0 aliphatic carbocycles. The second kappa shape index (κ2) is 5.48. The first-order valence-electron chi connectivity index (χ1n) is 4.95. The molecule has 0 atom stereocenters. The number of rotatable bonds is 4. The minimum Gasteiger partial charge on any atom is -0.398 e. The monoisotopic (exact) mass is 249 g/mol. The Morgan fingerprint density at radius 1 is 1.31 bits per heavy atom. The summed E-state index contributed by atoms with van der Waals surface area (Å²) in [4.78, 5) is 0.960. The lowest BCUT2D eigenvalue weighted by Crippen LogP contribution is -2.06. The van der Waals surface area contributed by atoms with Crippen LogP contribution in [0.15, 0.2) is 23.1 Å². The standard InChI is InChI=1S/C11H14F3NS/c1-8-9(15)4-2-5-10(8)16-7-3-6-11(12,13)14/h2,4-5H,3,6-7,15H2,1H3. The van der Waals surface area contributed by atoms with E-state index in [9.17, 15) is 13.2 Å². The van der Waals surface area contributed by atoms with E-state index in [0.717, 1.165) is 10.5 Å². The third-order valence-corrected chi connectivity index (χ3v) is 3.43. The molecule has 0 saturated heterocycles. The summed E-state index contributed by atoms with van der Waals surface area (Å²) in [5.41, 5.74) is 7.33. The molecule has 0 bridgehead atoms. The fourth-order valence-electron chi connectivity index (χ4n) is 1.24. The molecule has 0 spiro atoms. The van der Waals surface area contributed by atoms with Crippen LogP contribution in [0.4, 0.5) is 18.9 Å². The molecule has 16 heavy (non-hydrogen) atoms. The van der Waals surface area contributed by atoms with Gasteiger partial charge in [0, 0.05) is 17.0 Å².